The lowest BCUT2D eigenvalue weighted by Gasteiger charge is -2.28. The van der Waals surface area contributed by atoms with Crippen molar-refractivity contribution < 1.29 is 25.0 Å². The molecule has 4 unspecified atom stereocenters. The van der Waals surface area contributed by atoms with Crippen molar-refractivity contribution in [2.45, 2.75) is 43.9 Å². The number of benzene rings is 2. The number of hydrogen-bond donors (Lipinski definition) is 6. The molecular weight excluding hydrogens is 410 g/mol. The summed E-state index contributed by atoms with van der Waals surface area (Å²) in [5.41, 5.74) is 4.20. The van der Waals surface area contributed by atoms with Gasteiger partial charge in [0, 0.05) is 6.42 Å². The van der Waals surface area contributed by atoms with Gasteiger partial charge in [0.15, 0.2) is 0 Å². The van der Waals surface area contributed by atoms with Crippen LogP contribution in [0.3, 0.4) is 0 Å². The zero-order valence-corrected chi connectivity index (χ0v) is 17.7. The number of carbonyl (C=O) groups excluding carboxylic acids is 2. The summed E-state index contributed by atoms with van der Waals surface area (Å²) in [4.78, 5) is 26.0. The third-order valence-electron chi connectivity index (χ3n) is 6.32. The van der Waals surface area contributed by atoms with Gasteiger partial charge in [0.1, 0.15) is 11.8 Å². The minimum atomic E-state index is -0.975. The maximum atomic E-state index is 13.5. The number of hydrogen-bond acceptors (Lipinski definition) is 6. The Morgan fingerprint density at radius 2 is 1.84 bits per heavy atom. The normalized spacial score (nSPS) is 21.4. The van der Waals surface area contributed by atoms with Crippen molar-refractivity contribution in [3.05, 3.63) is 65.2 Å². The van der Waals surface area contributed by atoms with Gasteiger partial charge >= 0.3 is 0 Å². The highest BCUT2D eigenvalue weighted by Crippen LogP contribution is 2.32. The molecule has 170 valence electrons. The SMILES string of the molecule is O=C(NC1c2ccccc2CC1O)C(Cc1cccc(O)c1)C(NCC1CC1)C(=O)NO. The van der Waals surface area contributed by atoms with E-state index in [9.17, 15) is 25.0 Å². The van der Waals surface area contributed by atoms with Crippen LogP contribution in [0, 0.1) is 11.8 Å². The van der Waals surface area contributed by atoms with Gasteiger partial charge in [-0.15, -0.1) is 0 Å². The lowest BCUT2D eigenvalue weighted by atomic mass is 9.89. The summed E-state index contributed by atoms with van der Waals surface area (Å²) in [5, 5.41) is 35.8. The molecule has 0 aliphatic heterocycles. The van der Waals surface area contributed by atoms with E-state index in [0.29, 0.717) is 24.4 Å². The Bertz CT molecular complexity index is 978. The second-order valence-corrected chi connectivity index (χ2v) is 8.74. The molecule has 4 atom stereocenters. The zero-order chi connectivity index (χ0) is 22.7. The van der Waals surface area contributed by atoms with E-state index in [1.807, 2.05) is 24.3 Å². The maximum absolute atomic E-state index is 13.5. The summed E-state index contributed by atoms with van der Waals surface area (Å²) in [6.07, 6.45) is 1.98. The third-order valence-corrected chi connectivity index (χ3v) is 6.32. The lowest BCUT2D eigenvalue weighted by Crippen LogP contribution is -2.54. The van der Waals surface area contributed by atoms with Gasteiger partial charge in [-0.05, 0) is 60.5 Å². The smallest absolute Gasteiger partial charge is 0.261 e. The van der Waals surface area contributed by atoms with Crippen molar-refractivity contribution >= 4 is 11.8 Å². The van der Waals surface area contributed by atoms with Crippen LogP contribution < -0.4 is 16.1 Å². The first-order valence-corrected chi connectivity index (χ1v) is 11.0. The molecule has 2 aliphatic carbocycles. The van der Waals surface area contributed by atoms with Crippen LogP contribution in [0.1, 0.15) is 35.6 Å². The van der Waals surface area contributed by atoms with E-state index in [0.717, 1.165) is 24.0 Å². The van der Waals surface area contributed by atoms with Crippen LogP contribution in [0.15, 0.2) is 48.5 Å². The molecule has 2 amide bonds. The Morgan fingerprint density at radius 3 is 2.56 bits per heavy atom. The van der Waals surface area contributed by atoms with Crippen LogP contribution in [0.5, 0.6) is 5.75 Å². The predicted molar refractivity (Wildman–Crippen MR) is 117 cm³/mol. The standard InChI is InChI=1S/C24H29N3O5/c28-17-6-3-4-15(10-17)11-19(22(24(31)27-32)25-13-14-8-9-14)23(30)26-21-18-7-2-1-5-16(18)12-20(21)29/h1-7,10,14,19-22,25,28-29,32H,8-9,11-13H2,(H,26,30)(H,27,31). The van der Waals surface area contributed by atoms with Crippen molar-refractivity contribution in [1.29, 1.82) is 0 Å². The van der Waals surface area contributed by atoms with E-state index < -0.39 is 35.9 Å². The van der Waals surface area contributed by atoms with Crippen LogP contribution in [0.25, 0.3) is 0 Å². The molecule has 4 rings (SSSR count). The molecule has 0 radical (unpaired) electrons. The van der Waals surface area contributed by atoms with Crippen molar-refractivity contribution in [3.63, 3.8) is 0 Å². The molecule has 8 heteroatoms. The fraction of sp³-hybridized carbons (Fsp3) is 0.417. The van der Waals surface area contributed by atoms with Gasteiger partial charge in [0.25, 0.3) is 5.91 Å². The van der Waals surface area contributed by atoms with Gasteiger partial charge < -0.3 is 20.8 Å². The first-order chi connectivity index (χ1) is 15.5. The van der Waals surface area contributed by atoms with Crippen LogP contribution in [-0.2, 0) is 22.4 Å². The van der Waals surface area contributed by atoms with Crippen molar-refractivity contribution in [1.82, 2.24) is 16.1 Å². The topological polar surface area (TPSA) is 131 Å². The molecule has 2 aromatic carbocycles. The van der Waals surface area contributed by atoms with Crippen LogP contribution in [0.2, 0.25) is 0 Å². The van der Waals surface area contributed by atoms with E-state index in [-0.39, 0.29) is 12.2 Å². The Kier molecular flexibility index (Phi) is 6.74. The highest BCUT2D eigenvalue weighted by atomic mass is 16.5. The number of phenolic OH excluding ortho intramolecular Hbond substituents is 1. The monoisotopic (exact) mass is 439 g/mol. The number of hydroxylamine groups is 1. The maximum Gasteiger partial charge on any atom is 0.261 e. The molecule has 0 saturated heterocycles. The Morgan fingerprint density at radius 1 is 1.06 bits per heavy atom. The highest BCUT2D eigenvalue weighted by Gasteiger charge is 2.39. The van der Waals surface area contributed by atoms with E-state index in [1.165, 1.54) is 6.07 Å². The summed E-state index contributed by atoms with van der Waals surface area (Å²) >= 11 is 0. The number of aliphatic hydroxyl groups is 1. The number of aliphatic hydroxyl groups excluding tert-OH is 1. The summed E-state index contributed by atoms with van der Waals surface area (Å²) in [7, 11) is 0. The van der Waals surface area contributed by atoms with Crippen LogP contribution >= 0.6 is 0 Å². The number of phenols is 1. The molecule has 1 fully saturated rings. The van der Waals surface area contributed by atoms with Crippen LogP contribution in [-0.4, -0.2) is 45.9 Å². The Balaban J connectivity index is 1.59. The van der Waals surface area contributed by atoms with Crippen molar-refractivity contribution in [2.24, 2.45) is 11.8 Å². The molecule has 0 bridgehead atoms. The number of carbonyl (C=O) groups is 2. The third kappa shape index (κ3) is 5.09. The quantitative estimate of drug-likeness (QED) is 0.257. The summed E-state index contributed by atoms with van der Waals surface area (Å²) in [6.45, 7) is 0.566. The van der Waals surface area contributed by atoms with Crippen molar-refractivity contribution in [2.75, 3.05) is 6.54 Å². The van der Waals surface area contributed by atoms with Gasteiger partial charge in [-0.3, -0.25) is 14.8 Å². The summed E-state index contributed by atoms with van der Waals surface area (Å²) in [6, 6.07) is 12.5. The summed E-state index contributed by atoms with van der Waals surface area (Å²) < 4.78 is 0. The lowest BCUT2D eigenvalue weighted by molar-refractivity contribution is -0.138. The van der Waals surface area contributed by atoms with Gasteiger partial charge in [-0.1, -0.05) is 36.4 Å². The second kappa shape index (κ2) is 9.68. The van der Waals surface area contributed by atoms with Gasteiger partial charge in [0.2, 0.25) is 5.91 Å². The molecule has 32 heavy (non-hydrogen) atoms. The Labute approximate surface area is 186 Å². The highest BCUT2D eigenvalue weighted by molar-refractivity contribution is 5.90. The Hall–Kier alpha value is -2.94. The number of amides is 2. The fourth-order valence-corrected chi connectivity index (χ4v) is 4.41. The fourth-order valence-electron chi connectivity index (χ4n) is 4.41. The molecule has 0 heterocycles. The van der Waals surface area contributed by atoms with E-state index >= 15 is 0 Å². The number of nitrogens with one attached hydrogen (secondary N) is 3. The first kappa shape index (κ1) is 22.3. The van der Waals surface area contributed by atoms with Crippen LogP contribution in [0.4, 0.5) is 0 Å². The molecular formula is C24H29N3O5. The minimum Gasteiger partial charge on any atom is -0.508 e. The van der Waals surface area contributed by atoms with Gasteiger partial charge in [-0.2, -0.15) is 0 Å². The van der Waals surface area contributed by atoms with Gasteiger partial charge in [0.05, 0.1) is 18.1 Å². The van der Waals surface area contributed by atoms with E-state index in [4.69, 9.17) is 0 Å². The first-order valence-electron chi connectivity index (χ1n) is 11.0. The van der Waals surface area contributed by atoms with Gasteiger partial charge in [-0.25, -0.2) is 5.48 Å². The molecule has 2 aromatic rings. The largest absolute Gasteiger partial charge is 0.508 e. The molecule has 6 N–H and O–H groups in total. The predicted octanol–water partition coefficient (Wildman–Crippen LogP) is 1.20. The average Bonchev–Trinajstić information content (AvgIpc) is 3.56. The number of fused-ring (bicyclic) bond motifs is 1. The average molecular weight is 440 g/mol. The summed E-state index contributed by atoms with van der Waals surface area (Å²) in [5.74, 6) is -1.46. The number of aromatic hydroxyl groups is 1. The molecule has 0 aromatic heterocycles. The van der Waals surface area contributed by atoms with E-state index in [2.05, 4.69) is 10.6 Å². The van der Waals surface area contributed by atoms with Crippen molar-refractivity contribution in [3.8, 4) is 5.75 Å². The molecule has 2 aliphatic rings. The second-order valence-electron chi connectivity index (χ2n) is 8.74. The molecule has 0 spiro atoms. The molecule has 8 nitrogen and oxygen atoms in total. The zero-order valence-electron chi connectivity index (χ0n) is 17.7. The minimum absolute atomic E-state index is 0.0656. The van der Waals surface area contributed by atoms with E-state index in [1.54, 1.807) is 23.7 Å². The number of rotatable bonds is 9. The molecule has 1 saturated carbocycles.